The van der Waals surface area contributed by atoms with Crippen LogP contribution in [-0.2, 0) is 17.9 Å². The molecule has 0 aliphatic carbocycles. The number of rotatable bonds is 5. The van der Waals surface area contributed by atoms with E-state index in [4.69, 9.17) is 5.26 Å². The number of hydrogen-bond acceptors (Lipinski definition) is 4. The summed E-state index contributed by atoms with van der Waals surface area (Å²) in [5.74, 6) is -0.313. The highest BCUT2D eigenvalue weighted by molar-refractivity contribution is 5.75. The van der Waals surface area contributed by atoms with Crippen molar-refractivity contribution in [1.29, 1.82) is 5.26 Å². The van der Waals surface area contributed by atoms with Crippen LogP contribution in [0.2, 0.25) is 0 Å². The average Bonchev–Trinajstić information content (AvgIpc) is 2.45. The molecule has 1 aromatic heterocycles. The average molecular weight is 278 g/mol. The normalized spacial score (nSPS) is 10.1. The summed E-state index contributed by atoms with van der Waals surface area (Å²) in [7, 11) is 0. The Labute approximate surface area is 116 Å². The summed E-state index contributed by atoms with van der Waals surface area (Å²) in [4.78, 5) is 37.6. The zero-order chi connectivity index (χ0) is 15.3. The van der Waals surface area contributed by atoms with Gasteiger partial charge in [-0.2, -0.15) is 5.26 Å². The molecule has 1 heterocycles. The molecule has 7 nitrogen and oxygen atoms in total. The van der Waals surface area contributed by atoms with Crippen LogP contribution in [0.1, 0.15) is 26.3 Å². The van der Waals surface area contributed by atoms with E-state index in [-0.39, 0.29) is 18.0 Å². The smallest absolute Gasteiger partial charge is 0.331 e. The van der Waals surface area contributed by atoms with Crippen LogP contribution in [0.15, 0.2) is 15.8 Å². The molecule has 0 aromatic carbocycles. The van der Waals surface area contributed by atoms with Crippen LogP contribution in [0.25, 0.3) is 0 Å². The lowest BCUT2D eigenvalue weighted by atomic mass is 10.3. The Balaban J connectivity index is 3.32. The number of hydrogen-bond donors (Lipinski definition) is 0. The van der Waals surface area contributed by atoms with Crippen molar-refractivity contribution in [2.24, 2.45) is 0 Å². The predicted octanol–water partition coefficient (Wildman–Crippen LogP) is -0.230. The molecule has 0 fully saturated rings. The van der Waals surface area contributed by atoms with Crippen LogP contribution in [0.5, 0.6) is 0 Å². The highest BCUT2D eigenvalue weighted by Crippen LogP contribution is 1.93. The molecule has 20 heavy (non-hydrogen) atoms. The van der Waals surface area contributed by atoms with E-state index in [0.717, 1.165) is 4.57 Å². The second-order valence-corrected chi connectivity index (χ2v) is 4.18. The Morgan fingerprint density at radius 3 is 2.35 bits per heavy atom. The molecule has 0 unspecified atom stereocenters. The molecule has 0 spiro atoms. The number of carbonyl (C=O) groups excluding carboxylic acids is 1. The van der Waals surface area contributed by atoms with Gasteiger partial charge in [0.1, 0.15) is 18.2 Å². The highest BCUT2D eigenvalue weighted by Gasteiger charge is 2.16. The molecular formula is C13H18N4O3. The maximum Gasteiger partial charge on any atom is 0.331 e. The number of carbonyl (C=O) groups is 1. The first-order valence-corrected chi connectivity index (χ1v) is 6.52. The van der Waals surface area contributed by atoms with Crippen molar-refractivity contribution in [2.45, 2.75) is 33.9 Å². The first kappa shape index (κ1) is 15.7. The minimum absolute atomic E-state index is 0.140. The van der Waals surface area contributed by atoms with E-state index in [1.807, 2.05) is 13.8 Å². The molecule has 1 rings (SSSR count). The van der Waals surface area contributed by atoms with Gasteiger partial charge in [0.05, 0.1) is 0 Å². The summed E-state index contributed by atoms with van der Waals surface area (Å²) in [6.45, 7) is 6.36. The molecule has 1 aromatic rings. The van der Waals surface area contributed by atoms with E-state index in [1.54, 1.807) is 13.0 Å². The number of amides is 1. The van der Waals surface area contributed by atoms with Gasteiger partial charge in [0, 0.05) is 25.8 Å². The standard InChI is InChI=1S/C13H18N4O3/c1-4-15(5-2)11(18)9-17-12(19)10(7-14)8-16(6-3)13(17)20/h8H,4-6,9H2,1-3H3. The second kappa shape index (κ2) is 6.70. The maximum absolute atomic E-state index is 12.1. The molecule has 0 saturated carbocycles. The molecular weight excluding hydrogens is 260 g/mol. The number of aryl methyl sites for hydroxylation is 1. The van der Waals surface area contributed by atoms with Crippen molar-refractivity contribution in [3.8, 4) is 6.07 Å². The third-order valence-electron chi connectivity index (χ3n) is 3.11. The van der Waals surface area contributed by atoms with Crippen LogP contribution in [-0.4, -0.2) is 33.0 Å². The quantitative estimate of drug-likeness (QED) is 0.744. The Hall–Kier alpha value is -2.36. The van der Waals surface area contributed by atoms with Crippen molar-refractivity contribution in [3.63, 3.8) is 0 Å². The summed E-state index contributed by atoms with van der Waals surface area (Å²) in [6, 6.07) is 1.75. The first-order valence-electron chi connectivity index (χ1n) is 6.52. The minimum atomic E-state index is -0.720. The van der Waals surface area contributed by atoms with Crippen LogP contribution in [0.4, 0.5) is 0 Å². The van der Waals surface area contributed by atoms with E-state index >= 15 is 0 Å². The van der Waals surface area contributed by atoms with E-state index < -0.39 is 11.2 Å². The number of aromatic nitrogens is 2. The van der Waals surface area contributed by atoms with Crippen LogP contribution in [0.3, 0.4) is 0 Å². The second-order valence-electron chi connectivity index (χ2n) is 4.18. The van der Waals surface area contributed by atoms with E-state index in [2.05, 4.69) is 0 Å². The van der Waals surface area contributed by atoms with Crippen molar-refractivity contribution < 1.29 is 4.79 Å². The van der Waals surface area contributed by atoms with Gasteiger partial charge in [-0.05, 0) is 20.8 Å². The van der Waals surface area contributed by atoms with E-state index in [1.165, 1.54) is 15.7 Å². The largest absolute Gasteiger partial charge is 0.342 e. The lowest BCUT2D eigenvalue weighted by molar-refractivity contribution is -0.131. The fourth-order valence-electron chi connectivity index (χ4n) is 1.91. The highest BCUT2D eigenvalue weighted by atomic mass is 16.2. The van der Waals surface area contributed by atoms with Crippen LogP contribution in [0, 0.1) is 11.3 Å². The number of nitrogens with zero attached hydrogens (tertiary/aromatic N) is 4. The molecule has 0 atom stereocenters. The Morgan fingerprint density at radius 2 is 1.90 bits per heavy atom. The summed E-state index contributed by atoms with van der Waals surface area (Å²) < 4.78 is 2.07. The molecule has 0 N–H and O–H groups in total. The SMILES string of the molecule is CCN(CC)C(=O)Cn1c(=O)c(C#N)cn(CC)c1=O. The van der Waals surface area contributed by atoms with Crippen molar-refractivity contribution in [2.75, 3.05) is 13.1 Å². The van der Waals surface area contributed by atoms with Crippen molar-refractivity contribution in [1.82, 2.24) is 14.0 Å². The Bertz CT molecular complexity index is 647. The van der Waals surface area contributed by atoms with Crippen LogP contribution < -0.4 is 11.2 Å². The van der Waals surface area contributed by atoms with Gasteiger partial charge >= 0.3 is 5.69 Å². The fourth-order valence-corrected chi connectivity index (χ4v) is 1.91. The van der Waals surface area contributed by atoms with Gasteiger partial charge in [-0.1, -0.05) is 0 Å². The number of likely N-dealkylation sites (N-methyl/N-ethyl adjacent to an activating group) is 1. The van der Waals surface area contributed by atoms with Gasteiger partial charge in [0.15, 0.2) is 0 Å². The molecule has 7 heteroatoms. The molecule has 0 aliphatic rings. The zero-order valence-corrected chi connectivity index (χ0v) is 11.9. The lowest BCUT2D eigenvalue weighted by Crippen LogP contribution is -2.45. The third-order valence-corrected chi connectivity index (χ3v) is 3.11. The van der Waals surface area contributed by atoms with E-state index in [0.29, 0.717) is 19.6 Å². The summed E-state index contributed by atoms with van der Waals surface area (Å²) in [5.41, 5.74) is -1.43. The summed E-state index contributed by atoms with van der Waals surface area (Å²) in [5, 5.41) is 8.92. The summed E-state index contributed by atoms with van der Waals surface area (Å²) in [6.07, 6.45) is 1.23. The van der Waals surface area contributed by atoms with Crippen molar-refractivity contribution in [3.05, 3.63) is 32.6 Å². The maximum atomic E-state index is 12.1. The Kier molecular flexibility index (Phi) is 5.26. The molecule has 1 amide bonds. The monoisotopic (exact) mass is 278 g/mol. The van der Waals surface area contributed by atoms with Gasteiger partial charge in [0.25, 0.3) is 5.56 Å². The van der Waals surface area contributed by atoms with Gasteiger partial charge in [0.2, 0.25) is 5.91 Å². The molecule has 0 radical (unpaired) electrons. The predicted molar refractivity (Wildman–Crippen MR) is 73.3 cm³/mol. The Morgan fingerprint density at radius 1 is 1.30 bits per heavy atom. The topological polar surface area (TPSA) is 88.1 Å². The third kappa shape index (κ3) is 2.96. The van der Waals surface area contributed by atoms with Gasteiger partial charge in [-0.3, -0.25) is 14.2 Å². The number of nitriles is 1. The summed E-state index contributed by atoms with van der Waals surface area (Å²) >= 11 is 0. The van der Waals surface area contributed by atoms with Gasteiger partial charge in [-0.25, -0.2) is 9.36 Å². The molecule has 108 valence electrons. The molecule has 0 bridgehead atoms. The molecule has 0 aliphatic heterocycles. The van der Waals surface area contributed by atoms with Gasteiger partial charge in [-0.15, -0.1) is 0 Å². The fraction of sp³-hybridized carbons (Fsp3) is 0.538. The lowest BCUT2D eigenvalue weighted by Gasteiger charge is -2.19. The van der Waals surface area contributed by atoms with Crippen molar-refractivity contribution >= 4 is 5.91 Å². The zero-order valence-electron chi connectivity index (χ0n) is 11.9. The minimum Gasteiger partial charge on any atom is -0.342 e. The van der Waals surface area contributed by atoms with Crippen LogP contribution >= 0.6 is 0 Å². The van der Waals surface area contributed by atoms with E-state index in [9.17, 15) is 14.4 Å². The first-order chi connectivity index (χ1) is 9.49. The molecule has 0 saturated heterocycles. The van der Waals surface area contributed by atoms with Gasteiger partial charge < -0.3 is 4.90 Å².